The van der Waals surface area contributed by atoms with Gasteiger partial charge < -0.3 is 53.5 Å². The number of nitrogens with two attached hydrogens (primary N) is 2. The number of primary amides is 1. The van der Waals surface area contributed by atoms with Crippen molar-refractivity contribution < 1.29 is 38.7 Å². The lowest BCUT2D eigenvalue weighted by Gasteiger charge is -2.29. The van der Waals surface area contributed by atoms with Crippen molar-refractivity contribution in [3.05, 3.63) is 48.0 Å². The second-order valence-electron chi connectivity index (χ2n) is 13.1. The minimum Gasteiger partial charge on any atom is -0.508 e. The Balaban J connectivity index is 2.17. The fourth-order valence-corrected chi connectivity index (χ4v) is 5.86. The molecule has 1 heterocycles. The van der Waals surface area contributed by atoms with Gasteiger partial charge in [-0.2, -0.15) is 25.3 Å². The number of thiol groups is 2. The Kier molecular flexibility index (Phi) is 20.1. The first kappa shape index (κ1) is 46.3. The van der Waals surface area contributed by atoms with Gasteiger partial charge in [0.05, 0.1) is 6.33 Å². The molecule has 12 N–H and O–H groups in total. The Morgan fingerprint density at radius 1 is 0.764 bits per heavy atom. The van der Waals surface area contributed by atoms with Gasteiger partial charge in [0.15, 0.2) is 0 Å². The third-order valence-corrected chi connectivity index (χ3v) is 9.44. The van der Waals surface area contributed by atoms with Crippen LogP contribution in [0.3, 0.4) is 0 Å². The minimum absolute atomic E-state index is 0.0225. The van der Waals surface area contributed by atoms with E-state index in [1.165, 1.54) is 31.6 Å². The number of aromatic amines is 1. The molecule has 2 aromatic rings. The number of carbonyl (C=O) groups is 7. The highest BCUT2D eigenvalue weighted by Gasteiger charge is 2.34. The number of hydrogen-bond donors (Lipinski definition) is 12. The molecule has 0 radical (unpaired) electrons. The van der Waals surface area contributed by atoms with Gasteiger partial charge in [-0.25, -0.2) is 4.98 Å². The number of unbranched alkanes of at least 4 members (excludes halogenated alkanes) is 1. The van der Waals surface area contributed by atoms with Crippen LogP contribution in [0.4, 0.5) is 0 Å². The zero-order valence-corrected chi connectivity index (χ0v) is 33.0. The number of aromatic hydroxyl groups is 1. The average molecular weight is 807 g/mol. The van der Waals surface area contributed by atoms with Gasteiger partial charge in [0.1, 0.15) is 42.0 Å². The Morgan fingerprint density at radius 2 is 1.31 bits per heavy atom. The first-order chi connectivity index (χ1) is 26.1. The van der Waals surface area contributed by atoms with Gasteiger partial charge in [-0.3, -0.25) is 33.6 Å². The SMILES string of the molecule is CC[C@H](C)[C@H](NC(=O)[C@H](CS)NC(=O)[C@H](CCCCN)NC(=O)[C@H](Cc1cnc[nH]1)NC(C)=O)C(=O)N[C@@H](CS)C(=O)N[C@@H](Cc1ccc(O)cc1)C(N)=O. The number of phenolic OH excluding ortho intramolecular Hbond substituents is 1. The van der Waals surface area contributed by atoms with Crippen molar-refractivity contribution in [3.8, 4) is 5.75 Å². The van der Waals surface area contributed by atoms with E-state index in [-0.39, 0.29) is 36.5 Å². The summed E-state index contributed by atoms with van der Waals surface area (Å²) in [4.78, 5) is 98.2. The van der Waals surface area contributed by atoms with E-state index in [2.05, 4.69) is 67.1 Å². The van der Waals surface area contributed by atoms with Crippen LogP contribution in [-0.2, 0) is 46.4 Å². The van der Waals surface area contributed by atoms with E-state index in [4.69, 9.17) is 11.5 Å². The number of aromatic nitrogens is 2. The zero-order chi connectivity index (χ0) is 41.1. The van der Waals surface area contributed by atoms with Gasteiger partial charge in [0.25, 0.3) is 0 Å². The molecule has 20 heteroatoms. The second-order valence-corrected chi connectivity index (χ2v) is 13.8. The van der Waals surface area contributed by atoms with E-state index < -0.39 is 83.5 Å². The van der Waals surface area contributed by atoms with E-state index in [1.807, 2.05) is 0 Å². The number of benzene rings is 1. The number of hydrogen-bond acceptors (Lipinski definition) is 12. The highest BCUT2D eigenvalue weighted by atomic mass is 32.1. The molecular weight excluding hydrogens is 753 g/mol. The molecule has 0 spiro atoms. The van der Waals surface area contributed by atoms with Gasteiger partial charge in [0.2, 0.25) is 41.4 Å². The Labute approximate surface area is 331 Å². The summed E-state index contributed by atoms with van der Waals surface area (Å²) in [7, 11) is 0. The van der Waals surface area contributed by atoms with Crippen molar-refractivity contribution in [2.24, 2.45) is 17.4 Å². The van der Waals surface area contributed by atoms with Gasteiger partial charge in [-0.05, 0) is 49.4 Å². The zero-order valence-electron chi connectivity index (χ0n) is 31.2. The van der Waals surface area contributed by atoms with Crippen molar-refractivity contribution in [2.45, 2.75) is 95.5 Å². The maximum absolute atomic E-state index is 13.6. The van der Waals surface area contributed by atoms with Gasteiger partial charge in [-0.1, -0.05) is 32.4 Å². The summed E-state index contributed by atoms with van der Waals surface area (Å²) in [5.74, 6) is -5.59. The maximum Gasteiger partial charge on any atom is 0.244 e. The van der Waals surface area contributed by atoms with Crippen molar-refractivity contribution in [1.29, 1.82) is 0 Å². The highest BCUT2D eigenvalue weighted by molar-refractivity contribution is 7.80. The smallest absolute Gasteiger partial charge is 0.244 e. The minimum atomic E-state index is -1.25. The van der Waals surface area contributed by atoms with Crippen LogP contribution in [0.25, 0.3) is 0 Å². The molecule has 0 bridgehead atoms. The fraction of sp³-hybridized carbons (Fsp3) is 0.543. The Bertz CT molecular complexity index is 1580. The third kappa shape index (κ3) is 15.8. The monoisotopic (exact) mass is 806 g/mol. The molecule has 0 aliphatic rings. The number of H-pyrrole nitrogens is 1. The predicted octanol–water partition coefficient (Wildman–Crippen LogP) is -1.65. The molecule has 2 rings (SSSR count). The van der Waals surface area contributed by atoms with Crippen LogP contribution < -0.4 is 43.4 Å². The average Bonchev–Trinajstić information content (AvgIpc) is 3.67. The van der Waals surface area contributed by atoms with Crippen molar-refractivity contribution in [1.82, 2.24) is 41.9 Å². The summed E-state index contributed by atoms with van der Waals surface area (Å²) in [6.45, 7) is 5.12. The Hall–Kier alpha value is -4.82. The first-order valence-electron chi connectivity index (χ1n) is 17.9. The summed E-state index contributed by atoms with van der Waals surface area (Å²) >= 11 is 8.47. The van der Waals surface area contributed by atoms with Crippen LogP contribution in [-0.4, -0.2) is 111 Å². The molecule has 1 aromatic heterocycles. The summed E-state index contributed by atoms with van der Waals surface area (Å²) in [5.41, 5.74) is 12.4. The second kappa shape index (κ2) is 23.9. The van der Waals surface area contributed by atoms with Gasteiger partial charge >= 0.3 is 0 Å². The molecule has 0 aliphatic heterocycles. The topological polar surface area (TPSA) is 293 Å². The highest BCUT2D eigenvalue weighted by Crippen LogP contribution is 2.13. The van der Waals surface area contributed by atoms with Crippen LogP contribution in [0.15, 0.2) is 36.8 Å². The molecule has 7 amide bonds. The largest absolute Gasteiger partial charge is 0.508 e. The van der Waals surface area contributed by atoms with Crippen LogP contribution in [0.5, 0.6) is 5.75 Å². The first-order valence-corrected chi connectivity index (χ1v) is 19.2. The molecule has 0 saturated heterocycles. The summed E-state index contributed by atoms with van der Waals surface area (Å²) in [6.07, 6.45) is 4.66. The van der Waals surface area contributed by atoms with Crippen LogP contribution in [0.1, 0.15) is 57.7 Å². The van der Waals surface area contributed by atoms with Crippen LogP contribution >= 0.6 is 25.3 Å². The number of imidazole rings is 1. The molecule has 18 nitrogen and oxygen atoms in total. The number of rotatable bonds is 24. The number of nitrogens with zero attached hydrogens (tertiary/aromatic N) is 1. The molecule has 1 aromatic carbocycles. The summed E-state index contributed by atoms with van der Waals surface area (Å²) < 4.78 is 0. The summed E-state index contributed by atoms with van der Waals surface area (Å²) in [6, 6.07) is -0.950. The number of amides is 7. The molecule has 304 valence electrons. The van der Waals surface area contributed by atoms with E-state index in [1.54, 1.807) is 26.0 Å². The van der Waals surface area contributed by atoms with Crippen LogP contribution in [0.2, 0.25) is 0 Å². The van der Waals surface area contributed by atoms with E-state index in [0.717, 1.165) is 0 Å². The molecule has 0 unspecified atom stereocenters. The molecular formula is C35H54N10O8S2. The van der Waals surface area contributed by atoms with E-state index in [0.29, 0.717) is 37.1 Å². The van der Waals surface area contributed by atoms with E-state index >= 15 is 0 Å². The number of phenols is 1. The van der Waals surface area contributed by atoms with Crippen molar-refractivity contribution >= 4 is 66.6 Å². The predicted molar refractivity (Wildman–Crippen MR) is 211 cm³/mol. The molecule has 0 fully saturated rings. The van der Waals surface area contributed by atoms with Gasteiger partial charge in [0, 0.05) is 43.2 Å². The lowest BCUT2D eigenvalue weighted by molar-refractivity contribution is -0.135. The third-order valence-electron chi connectivity index (χ3n) is 8.71. The molecule has 7 atom stereocenters. The van der Waals surface area contributed by atoms with Crippen molar-refractivity contribution in [2.75, 3.05) is 18.1 Å². The number of carbonyl (C=O) groups excluding carboxylic acids is 7. The fourth-order valence-electron chi connectivity index (χ4n) is 5.35. The molecule has 0 saturated carbocycles. The quantitative estimate of drug-likeness (QED) is 0.0424. The normalized spacial score (nSPS) is 14.8. The number of nitrogens with one attached hydrogen (secondary N) is 7. The molecule has 55 heavy (non-hydrogen) atoms. The van der Waals surface area contributed by atoms with Crippen molar-refractivity contribution in [3.63, 3.8) is 0 Å². The maximum atomic E-state index is 13.6. The van der Waals surface area contributed by atoms with E-state index in [9.17, 15) is 38.7 Å². The van der Waals surface area contributed by atoms with Gasteiger partial charge in [-0.15, -0.1) is 0 Å². The lowest BCUT2D eigenvalue weighted by Crippen LogP contribution is -2.61. The Morgan fingerprint density at radius 3 is 1.84 bits per heavy atom. The standard InChI is InChI=1S/C35H54N10O8S2/c1-4-19(2)29(35(53)44-27(16-54)33(51)42-25(30(37)48)13-21-8-10-23(47)11-9-21)45-34(52)28(17-55)43-31(49)24(7-5-6-12-36)41-32(50)26(40-20(3)46)14-22-15-38-18-39-22/h8-11,15,18-19,24-29,47,54-55H,4-7,12-14,16-17,36H2,1-3H3,(H2,37,48)(H,38,39)(H,40,46)(H,41,50)(H,42,51)(H,43,49)(H,44,53)(H,45,52)/t19-,24-,25-,26-,27-,28-,29-/m0/s1. The lowest BCUT2D eigenvalue weighted by atomic mass is 9.97. The van der Waals surface area contributed by atoms with Crippen LogP contribution in [0, 0.1) is 5.92 Å². The molecule has 0 aliphatic carbocycles. The summed E-state index contributed by atoms with van der Waals surface area (Å²) in [5, 5.41) is 25.2.